The first kappa shape index (κ1) is 15.2. The minimum absolute atomic E-state index is 0.221. The summed E-state index contributed by atoms with van der Waals surface area (Å²) in [6, 6.07) is 7.31. The summed E-state index contributed by atoms with van der Waals surface area (Å²) < 4.78 is 13.0. The number of rotatable bonds is 3. The smallest absolute Gasteiger partial charge is 0.329 e. The van der Waals surface area contributed by atoms with E-state index < -0.39 is 17.4 Å². The second-order valence-electron chi connectivity index (χ2n) is 5.81. The fourth-order valence-corrected chi connectivity index (χ4v) is 2.86. The van der Waals surface area contributed by atoms with Crippen molar-refractivity contribution in [3.8, 4) is 11.3 Å². The normalized spacial score (nSPS) is 20.7. The fourth-order valence-electron chi connectivity index (χ4n) is 2.86. The van der Waals surface area contributed by atoms with Crippen molar-refractivity contribution in [2.45, 2.75) is 25.3 Å². The van der Waals surface area contributed by atoms with Crippen LogP contribution < -0.4 is 0 Å². The van der Waals surface area contributed by atoms with Gasteiger partial charge in [0.1, 0.15) is 17.1 Å². The molecule has 1 aromatic heterocycles. The molecule has 120 valence electrons. The van der Waals surface area contributed by atoms with E-state index in [4.69, 9.17) is 0 Å². The summed E-state index contributed by atoms with van der Waals surface area (Å²) in [7, 11) is 0. The number of aromatic amines is 1. The zero-order valence-electron chi connectivity index (χ0n) is 12.5. The van der Waals surface area contributed by atoms with E-state index in [9.17, 15) is 19.1 Å². The van der Waals surface area contributed by atoms with Gasteiger partial charge in [-0.3, -0.25) is 9.89 Å². The molecule has 0 spiro atoms. The lowest BCUT2D eigenvalue weighted by molar-refractivity contribution is -0.147. The number of carbonyl (C=O) groups excluding carboxylic acids is 1. The number of halogens is 1. The van der Waals surface area contributed by atoms with Crippen molar-refractivity contribution in [2.24, 2.45) is 0 Å². The fraction of sp³-hybridized carbons (Fsp3) is 0.312. The standard InChI is InChI=1S/C16H16FN3O3/c1-16(15(22)23)7-2-8-20(16)14(21)13-9-12(18-19-13)10-3-5-11(17)6-4-10/h3-6,9H,2,7-8H2,1H3,(H,18,19)(H,22,23). The van der Waals surface area contributed by atoms with Crippen LogP contribution in [0.5, 0.6) is 0 Å². The molecule has 7 heteroatoms. The van der Waals surface area contributed by atoms with Crippen LogP contribution in [0, 0.1) is 5.82 Å². The summed E-state index contributed by atoms with van der Waals surface area (Å²) in [6.45, 7) is 1.95. The maximum atomic E-state index is 13.0. The van der Waals surface area contributed by atoms with Crippen molar-refractivity contribution in [1.82, 2.24) is 15.1 Å². The summed E-state index contributed by atoms with van der Waals surface area (Å²) in [4.78, 5) is 25.4. The molecule has 23 heavy (non-hydrogen) atoms. The SMILES string of the molecule is CC1(C(=O)O)CCCN1C(=O)c1cc(-c2ccc(F)cc2)n[nH]1. The molecule has 0 radical (unpaired) electrons. The van der Waals surface area contributed by atoms with Crippen LogP contribution in [0.3, 0.4) is 0 Å². The number of nitrogens with one attached hydrogen (secondary N) is 1. The van der Waals surface area contributed by atoms with Crippen LogP contribution in [0.25, 0.3) is 11.3 Å². The number of likely N-dealkylation sites (tertiary alicyclic amines) is 1. The number of hydrogen-bond acceptors (Lipinski definition) is 3. The molecule has 2 N–H and O–H groups in total. The second kappa shape index (κ2) is 5.49. The predicted molar refractivity (Wildman–Crippen MR) is 80.3 cm³/mol. The molecule has 1 aliphatic rings. The summed E-state index contributed by atoms with van der Waals surface area (Å²) in [5.41, 5.74) is 0.200. The molecule has 1 atom stereocenters. The first-order chi connectivity index (χ1) is 10.9. The Morgan fingerprint density at radius 2 is 2.04 bits per heavy atom. The van der Waals surface area contributed by atoms with Crippen molar-refractivity contribution in [2.75, 3.05) is 6.54 Å². The van der Waals surface area contributed by atoms with Gasteiger partial charge in [0, 0.05) is 12.1 Å². The van der Waals surface area contributed by atoms with Gasteiger partial charge < -0.3 is 10.0 Å². The van der Waals surface area contributed by atoms with E-state index in [1.165, 1.54) is 17.0 Å². The monoisotopic (exact) mass is 317 g/mol. The van der Waals surface area contributed by atoms with Crippen LogP contribution in [-0.2, 0) is 4.79 Å². The Morgan fingerprint density at radius 1 is 1.35 bits per heavy atom. The third-order valence-electron chi connectivity index (χ3n) is 4.30. The van der Waals surface area contributed by atoms with Gasteiger partial charge in [-0.05, 0) is 50.1 Å². The van der Waals surface area contributed by atoms with Gasteiger partial charge in [-0.2, -0.15) is 5.10 Å². The Hall–Kier alpha value is -2.70. The number of carbonyl (C=O) groups is 2. The molecule has 1 fully saturated rings. The zero-order chi connectivity index (χ0) is 16.6. The highest BCUT2D eigenvalue weighted by Crippen LogP contribution is 2.31. The van der Waals surface area contributed by atoms with Crippen molar-refractivity contribution in [3.05, 3.63) is 41.8 Å². The van der Waals surface area contributed by atoms with Crippen LogP contribution in [0.1, 0.15) is 30.3 Å². The van der Waals surface area contributed by atoms with Gasteiger partial charge in [-0.25, -0.2) is 9.18 Å². The molecule has 1 amide bonds. The average molecular weight is 317 g/mol. The summed E-state index contributed by atoms with van der Waals surface area (Å²) >= 11 is 0. The molecule has 1 aliphatic heterocycles. The highest BCUT2D eigenvalue weighted by Gasteiger charge is 2.46. The molecule has 2 aromatic rings. The van der Waals surface area contributed by atoms with Crippen LogP contribution in [0.15, 0.2) is 30.3 Å². The first-order valence-corrected chi connectivity index (χ1v) is 7.28. The number of aromatic nitrogens is 2. The summed E-state index contributed by atoms with van der Waals surface area (Å²) in [6.07, 6.45) is 1.07. The Morgan fingerprint density at radius 3 is 2.70 bits per heavy atom. The molecule has 1 aromatic carbocycles. The van der Waals surface area contributed by atoms with Crippen LogP contribution in [-0.4, -0.2) is 44.2 Å². The number of aliphatic carboxylic acids is 1. The lowest BCUT2D eigenvalue weighted by Crippen LogP contribution is -2.50. The van der Waals surface area contributed by atoms with E-state index in [-0.39, 0.29) is 11.5 Å². The summed E-state index contributed by atoms with van der Waals surface area (Å²) in [5, 5.41) is 16.1. The Kier molecular flexibility index (Phi) is 3.63. The van der Waals surface area contributed by atoms with Crippen molar-refractivity contribution >= 4 is 11.9 Å². The van der Waals surface area contributed by atoms with E-state index in [0.717, 1.165) is 0 Å². The highest BCUT2D eigenvalue weighted by molar-refractivity contribution is 5.97. The van der Waals surface area contributed by atoms with Gasteiger partial charge in [-0.15, -0.1) is 0 Å². The Labute approximate surface area is 131 Å². The number of carboxylic acid groups (broad SMARTS) is 1. The third-order valence-corrected chi connectivity index (χ3v) is 4.30. The van der Waals surface area contributed by atoms with Gasteiger partial charge in [0.2, 0.25) is 0 Å². The highest BCUT2D eigenvalue weighted by atomic mass is 19.1. The maximum Gasteiger partial charge on any atom is 0.329 e. The Balaban J connectivity index is 1.87. The number of benzene rings is 1. The molecule has 3 rings (SSSR count). The maximum absolute atomic E-state index is 13.0. The van der Waals surface area contributed by atoms with Crippen molar-refractivity contribution in [3.63, 3.8) is 0 Å². The largest absolute Gasteiger partial charge is 0.480 e. The van der Waals surface area contributed by atoms with Gasteiger partial charge in [0.25, 0.3) is 5.91 Å². The topological polar surface area (TPSA) is 86.3 Å². The molecule has 6 nitrogen and oxygen atoms in total. The number of carboxylic acids is 1. The number of nitrogens with zero attached hydrogens (tertiary/aromatic N) is 2. The summed E-state index contributed by atoms with van der Waals surface area (Å²) in [5.74, 6) is -1.76. The molecule has 2 heterocycles. The van der Waals surface area contributed by atoms with Gasteiger partial charge >= 0.3 is 5.97 Å². The molecule has 0 aliphatic carbocycles. The van der Waals surface area contributed by atoms with Gasteiger partial charge in [0.05, 0.1) is 5.69 Å². The molecular formula is C16H16FN3O3. The van der Waals surface area contributed by atoms with Crippen LogP contribution in [0.2, 0.25) is 0 Å². The van der Waals surface area contributed by atoms with Crippen molar-refractivity contribution < 1.29 is 19.1 Å². The molecular weight excluding hydrogens is 301 g/mol. The van der Waals surface area contributed by atoms with Crippen LogP contribution >= 0.6 is 0 Å². The van der Waals surface area contributed by atoms with E-state index in [2.05, 4.69) is 10.2 Å². The number of hydrogen-bond donors (Lipinski definition) is 2. The molecule has 1 saturated heterocycles. The molecule has 0 bridgehead atoms. The third kappa shape index (κ3) is 2.58. The first-order valence-electron chi connectivity index (χ1n) is 7.28. The van der Waals surface area contributed by atoms with Gasteiger partial charge in [0.15, 0.2) is 0 Å². The van der Waals surface area contributed by atoms with E-state index in [1.54, 1.807) is 25.1 Å². The van der Waals surface area contributed by atoms with E-state index >= 15 is 0 Å². The molecule has 1 unspecified atom stereocenters. The Bertz CT molecular complexity index is 756. The lowest BCUT2D eigenvalue weighted by Gasteiger charge is -2.30. The van der Waals surface area contributed by atoms with Crippen molar-refractivity contribution in [1.29, 1.82) is 0 Å². The van der Waals surface area contributed by atoms with Gasteiger partial charge in [-0.1, -0.05) is 0 Å². The van der Waals surface area contributed by atoms with E-state index in [0.29, 0.717) is 30.6 Å². The molecule has 0 saturated carbocycles. The van der Waals surface area contributed by atoms with E-state index in [1.807, 2.05) is 0 Å². The minimum atomic E-state index is -1.20. The zero-order valence-corrected chi connectivity index (χ0v) is 12.5. The minimum Gasteiger partial charge on any atom is -0.480 e. The number of H-pyrrole nitrogens is 1. The van der Waals surface area contributed by atoms with Crippen LogP contribution in [0.4, 0.5) is 4.39 Å². The average Bonchev–Trinajstić information content (AvgIpc) is 3.15. The second-order valence-corrected chi connectivity index (χ2v) is 5.81. The quantitative estimate of drug-likeness (QED) is 0.909. The number of amides is 1. The lowest BCUT2D eigenvalue weighted by atomic mass is 9.99. The predicted octanol–water partition coefficient (Wildman–Crippen LogP) is 2.30.